The first-order valence-electron chi connectivity index (χ1n) is 4.98. The van der Waals surface area contributed by atoms with Gasteiger partial charge in [-0.05, 0) is 18.1 Å². The number of hydrazine groups is 2. The molecule has 16 heavy (non-hydrogen) atoms. The minimum Gasteiger partial charge on any atom is -0.293 e. The fourth-order valence-corrected chi connectivity index (χ4v) is 2.35. The van der Waals surface area contributed by atoms with Crippen molar-refractivity contribution < 1.29 is 4.79 Å². The lowest BCUT2D eigenvalue weighted by Gasteiger charge is -2.11. The van der Waals surface area contributed by atoms with Crippen LogP contribution in [0.2, 0.25) is 0 Å². The summed E-state index contributed by atoms with van der Waals surface area (Å²) in [6, 6.07) is 7.75. The molecule has 5 nitrogen and oxygen atoms in total. The minimum absolute atomic E-state index is 0.109. The zero-order chi connectivity index (χ0) is 11.5. The number of benzene rings is 1. The fraction of sp³-hybridized carbons (Fsp3) is 0.300. The van der Waals surface area contributed by atoms with E-state index in [0.717, 1.165) is 10.0 Å². The van der Waals surface area contributed by atoms with E-state index in [1.165, 1.54) is 0 Å². The molecule has 6 heteroatoms. The molecule has 2 atom stereocenters. The maximum Gasteiger partial charge on any atom is 0.252 e. The van der Waals surface area contributed by atoms with Crippen molar-refractivity contribution in [3.63, 3.8) is 0 Å². The van der Waals surface area contributed by atoms with Crippen LogP contribution >= 0.6 is 15.9 Å². The Labute approximate surface area is 102 Å². The molecule has 0 saturated carbocycles. The molecule has 0 spiro atoms. The fourth-order valence-electron chi connectivity index (χ4n) is 1.79. The smallest absolute Gasteiger partial charge is 0.252 e. The van der Waals surface area contributed by atoms with Crippen molar-refractivity contribution in [2.45, 2.75) is 18.5 Å². The van der Waals surface area contributed by atoms with Crippen molar-refractivity contribution in [2.75, 3.05) is 0 Å². The van der Waals surface area contributed by atoms with Gasteiger partial charge in [-0.1, -0.05) is 34.1 Å². The zero-order valence-corrected chi connectivity index (χ0v) is 10.1. The Hall–Kier alpha value is -0.950. The van der Waals surface area contributed by atoms with E-state index in [2.05, 4.69) is 32.2 Å². The third-order valence-corrected chi connectivity index (χ3v) is 3.36. The van der Waals surface area contributed by atoms with E-state index in [-0.39, 0.29) is 18.0 Å². The average Bonchev–Trinajstić information content (AvgIpc) is 2.78. The molecule has 1 fully saturated rings. The number of carbonyl (C=O) groups is 1. The van der Waals surface area contributed by atoms with E-state index in [0.29, 0.717) is 6.42 Å². The monoisotopic (exact) mass is 284 g/mol. The summed E-state index contributed by atoms with van der Waals surface area (Å²) in [6.07, 6.45) is 0.672. The molecule has 1 aromatic carbocycles. The van der Waals surface area contributed by atoms with Crippen LogP contribution < -0.4 is 22.1 Å². The van der Waals surface area contributed by atoms with Crippen molar-refractivity contribution in [1.82, 2.24) is 16.3 Å². The Balaban J connectivity index is 2.09. The van der Waals surface area contributed by atoms with Gasteiger partial charge in [-0.3, -0.25) is 10.2 Å². The van der Waals surface area contributed by atoms with Gasteiger partial charge in [0.05, 0.1) is 0 Å². The minimum atomic E-state index is -0.290. The largest absolute Gasteiger partial charge is 0.293 e. The molecule has 1 aliphatic heterocycles. The predicted octanol–water partition coefficient (Wildman–Crippen LogP) is 0.347. The highest BCUT2D eigenvalue weighted by molar-refractivity contribution is 9.10. The van der Waals surface area contributed by atoms with E-state index < -0.39 is 0 Å². The Morgan fingerprint density at radius 2 is 2.19 bits per heavy atom. The molecule has 0 aromatic heterocycles. The zero-order valence-electron chi connectivity index (χ0n) is 8.53. The van der Waals surface area contributed by atoms with Gasteiger partial charge in [0.1, 0.15) is 6.04 Å². The molecule has 0 radical (unpaired) electrons. The topological polar surface area (TPSA) is 79.2 Å². The van der Waals surface area contributed by atoms with Crippen LogP contribution in [0.3, 0.4) is 0 Å². The normalized spacial score (nSPS) is 24.4. The van der Waals surface area contributed by atoms with Crippen molar-refractivity contribution in [3.8, 4) is 0 Å². The van der Waals surface area contributed by atoms with E-state index in [1.54, 1.807) is 0 Å². The highest BCUT2D eigenvalue weighted by Crippen LogP contribution is 2.28. The van der Waals surface area contributed by atoms with E-state index in [1.807, 2.05) is 24.3 Å². The van der Waals surface area contributed by atoms with E-state index in [4.69, 9.17) is 5.84 Å². The van der Waals surface area contributed by atoms with Crippen LogP contribution in [-0.2, 0) is 4.79 Å². The second-order valence-corrected chi connectivity index (χ2v) is 4.51. The van der Waals surface area contributed by atoms with Crippen molar-refractivity contribution in [3.05, 3.63) is 34.3 Å². The van der Waals surface area contributed by atoms with Gasteiger partial charge in [0.25, 0.3) is 5.91 Å². The van der Waals surface area contributed by atoms with Crippen molar-refractivity contribution in [1.29, 1.82) is 0 Å². The lowest BCUT2D eigenvalue weighted by atomic mass is 10.0. The molecule has 1 aliphatic rings. The summed E-state index contributed by atoms with van der Waals surface area (Å²) in [5.41, 5.74) is 9.27. The second-order valence-electron chi connectivity index (χ2n) is 3.66. The summed E-state index contributed by atoms with van der Waals surface area (Å²) in [7, 11) is 0. The maximum atomic E-state index is 11.3. The molecular formula is C10H13BrN4O. The van der Waals surface area contributed by atoms with Crippen LogP contribution in [0.5, 0.6) is 0 Å². The molecule has 2 unspecified atom stereocenters. The van der Waals surface area contributed by atoms with E-state index >= 15 is 0 Å². The summed E-state index contributed by atoms with van der Waals surface area (Å²) in [6.45, 7) is 0. The lowest BCUT2D eigenvalue weighted by Crippen LogP contribution is -2.45. The van der Waals surface area contributed by atoms with Gasteiger partial charge in [-0.25, -0.2) is 16.7 Å². The summed E-state index contributed by atoms with van der Waals surface area (Å²) in [5, 5.41) is 0. The number of nitrogens with two attached hydrogens (primary N) is 1. The molecule has 0 aliphatic carbocycles. The lowest BCUT2D eigenvalue weighted by molar-refractivity contribution is -0.122. The molecule has 1 amide bonds. The van der Waals surface area contributed by atoms with Crippen LogP contribution in [0.25, 0.3) is 0 Å². The predicted molar refractivity (Wildman–Crippen MR) is 63.9 cm³/mol. The number of halogens is 1. The summed E-state index contributed by atoms with van der Waals surface area (Å²) < 4.78 is 1.03. The van der Waals surface area contributed by atoms with Crippen molar-refractivity contribution >= 4 is 21.8 Å². The number of amides is 1. The average molecular weight is 285 g/mol. The highest BCUT2D eigenvalue weighted by Gasteiger charge is 2.30. The number of nitrogens with one attached hydrogen (secondary N) is 3. The number of hydrogen-bond donors (Lipinski definition) is 4. The van der Waals surface area contributed by atoms with Gasteiger partial charge in [0.15, 0.2) is 0 Å². The molecule has 1 aromatic rings. The van der Waals surface area contributed by atoms with Gasteiger partial charge in [-0.15, -0.1) is 0 Å². The molecule has 1 heterocycles. The van der Waals surface area contributed by atoms with Gasteiger partial charge in [-0.2, -0.15) is 0 Å². The molecule has 2 rings (SSSR count). The standard InChI is InChI=1S/C10H13BrN4O/c11-7-4-2-1-3-6(7)8-5-9(15-14-8)10(16)13-12/h1-4,8-9,14-15H,5,12H2,(H,13,16). The van der Waals surface area contributed by atoms with Crippen LogP contribution in [0, 0.1) is 0 Å². The number of carbonyl (C=O) groups excluding carboxylic acids is 1. The summed E-state index contributed by atoms with van der Waals surface area (Å²) >= 11 is 3.49. The number of hydrogen-bond acceptors (Lipinski definition) is 4. The third kappa shape index (κ3) is 2.25. The summed E-state index contributed by atoms with van der Waals surface area (Å²) in [5.74, 6) is 4.88. The van der Waals surface area contributed by atoms with E-state index in [9.17, 15) is 4.79 Å². The first-order chi connectivity index (χ1) is 7.72. The first kappa shape index (κ1) is 11.5. The van der Waals surface area contributed by atoms with Crippen LogP contribution in [0.15, 0.2) is 28.7 Å². The maximum absolute atomic E-state index is 11.3. The first-order valence-corrected chi connectivity index (χ1v) is 5.77. The summed E-state index contributed by atoms with van der Waals surface area (Å²) in [4.78, 5) is 11.3. The quantitative estimate of drug-likeness (QED) is 0.359. The van der Waals surface area contributed by atoms with Gasteiger partial charge in [0.2, 0.25) is 0 Å². The molecule has 0 bridgehead atoms. The van der Waals surface area contributed by atoms with Crippen LogP contribution in [-0.4, -0.2) is 11.9 Å². The Morgan fingerprint density at radius 1 is 1.44 bits per heavy atom. The number of rotatable bonds is 2. The van der Waals surface area contributed by atoms with Crippen molar-refractivity contribution in [2.24, 2.45) is 5.84 Å². The van der Waals surface area contributed by atoms with Gasteiger partial charge < -0.3 is 0 Å². The van der Waals surface area contributed by atoms with Gasteiger partial charge >= 0.3 is 0 Å². The molecule has 5 N–H and O–H groups in total. The SMILES string of the molecule is NNC(=O)C1CC(c2ccccc2Br)NN1. The second kappa shape index (κ2) is 4.92. The van der Waals surface area contributed by atoms with Crippen LogP contribution in [0.1, 0.15) is 18.0 Å². The van der Waals surface area contributed by atoms with Gasteiger partial charge in [0, 0.05) is 10.5 Å². The Bertz CT molecular complexity index is 398. The Kier molecular flexibility index (Phi) is 3.55. The molecule has 86 valence electrons. The molecular weight excluding hydrogens is 272 g/mol. The van der Waals surface area contributed by atoms with Crippen LogP contribution in [0.4, 0.5) is 0 Å². The third-order valence-electron chi connectivity index (χ3n) is 2.64. The Morgan fingerprint density at radius 3 is 2.88 bits per heavy atom. The highest BCUT2D eigenvalue weighted by atomic mass is 79.9. The molecule has 1 saturated heterocycles.